The molecule has 0 atom stereocenters. The Kier molecular flexibility index (Phi) is 3.85. The molecule has 0 radical (unpaired) electrons. The van der Waals surface area contributed by atoms with Crippen LogP contribution in [0.4, 0.5) is 0 Å². The van der Waals surface area contributed by atoms with Crippen molar-refractivity contribution in [3.8, 4) is 0 Å². The Labute approximate surface area is 131 Å². The minimum atomic E-state index is -1.01. The van der Waals surface area contributed by atoms with Crippen LogP contribution in [0.3, 0.4) is 0 Å². The van der Waals surface area contributed by atoms with Gasteiger partial charge in [-0.05, 0) is 34.5 Å². The number of aromatic carboxylic acids is 1. The maximum absolute atomic E-state index is 12.1. The third-order valence-corrected chi connectivity index (χ3v) is 4.39. The van der Waals surface area contributed by atoms with Crippen LogP contribution in [0.1, 0.15) is 24.9 Å². The Hall–Kier alpha value is -2.72. The van der Waals surface area contributed by atoms with Gasteiger partial charge >= 0.3 is 5.97 Å². The van der Waals surface area contributed by atoms with Gasteiger partial charge in [-0.3, -0.25) is 4.79 Å². The molecule has 3 aromatic rings. The first-order valence-electron chi connectivity index (χ1n) is 6.68. The number of fused-ring (bicyclic) bond motifs is 1. The van der Waals surface area contributed by atoms with Crippen molar-refractivity contribution in [2.24, 2.45) is 0 Å². The lowest BCUT2D eigenvalue weighted by Gasteiger charge is -2.01. The topological polar surface area (TPSA) is 54.4 Å². The van der Waals surface area contributed by atoms with Gasteiger partial charge in [0.25, 0.3) is 0 Å². The number of ketones is 1. The molecule has 1 aromatic heterocycles. The zero-order valence-electron chi connectivity index (χ0n) is 11.5. The van der Waals surface area contributed by atoms with Crippen LogP contribution in [0, 0.1) is 0 Å². The maximum Gasteiger partial charge on any atom is 0.345 e. The van der Waals surface area contributed by atoms with Crippen LogP contribution in [0.2, 0.25) is 0 Å². The highest BCUT2D eigenvalue weighted by molar-refractivity contribution is 7.16. The number of rotatable bonds is 4. The van der Waals surface area contributed by atoms with Gasteiger partial charge in [0.2, 0.25) is 0 Å². The summed E-state index contributed by atoms with van der Waals surface area (Å²) >= 11 is 0.988. The zero-order chi connectivity index (χ0) is 15.5. The van der Waals surface area contributed by atoms with E-state index in [1.165, 1.54) is 12.1 Å². The smallest absolute Gasteiger partial charge is 0.345 e. The number of thiophene rings is 1. The van der Waals surface area contributed by atoms with Crippen LogP contribution >= 0.6 is 11.3 Å². The van der Waals surface area contributed by atoms with Crippen LogP contribution < -0.4 is 0 Å². The molecule has 0 spiro atoms. The van der Waals surface area contributed by atoms with Gasteiger partial charge in [-0.2, -0.15) is 0 Å². The fourth-order valence-electron chi connectivity index (χ4n) is 2.23. The summed E-state index contributed by atoms with van der Waals surface area (Å²) in [6, 6.07) is 16.9. The van der Waals surface area contributed by atoms with Crippen molar-refractivity contribution < 1.29 is 14.7 Å². The van der Waals surface area contributed by atoms with Gasteiger partial charge in [0.1, 0.15) is 4.88 Å². The molecule has 0 saturated carbocycles. The van der Waals surface area contributed by atoms with E-state index in [0.717, 1.165) is 27.7 Å². The summed E-state index contributed by atoms with van der Waals surface area (Å²) in [4.78, 5) is 23.6. The lowest BCUT2D eigenvalue weighted by molar-refractivity contribution is 0.0702. The summed E-state index contributed by atoms with van der Waals surface area (Å²) in [5.41, 5.74) is 0.960. The Morgan fingerprint density at radius 3 is 2.41 bits per heavy atom. The van der Waals surface area contributed by atoms with Crippen LogP contribution in [0.5, 0.6) is 0 Å². The first-order valence-corrected chi connectivity index (χ1v) is 7.50. The number of carboxylic acids is 1. The second-order valence-electron chi connectivity index (χ2n) is 4.74. The summed E-state index contributed by atoms with van der Waals surface area (Å²) in [5.74, 6) is -1.20. The van der Waals surface area contributed by atoms with Crippen molar-refractivity contribution in [2.75, 3.05) is 0 Å². The number of carbonyl (C=O) groups is 2. The second-order valence-corrected chi connectivity index (χ2v) is 5.82. The maximum atomic E-state index is 12.1. The fraction of sp³-hybridized carbons (Fsp3) is 0. The molecule has 0 aliphatic heterocycles. The Morgan fingerprint density at radius 2 is 1.64 bits per heavy atom. The summed E-state index contributed by atoms with van der Waals surface area (Å²) in [6.07, 6.45) is 3.25. The number of benzene rings is 2. The first-order chi connectivity index (χ1) is 10.6. The molecule has 108 valence electrons. The molecular formula is C18H12O3S. The van der Waals surface area contributed by atoms with E-state index in [1.54, 1.807) is 12.1 Å². The lowest BCUT2D eigenvalue weighted by Crippen LogP contribution is -1.91. The van der Waals surface area contributed by atoms with E-state index < -0.39 is 5.97 Å². The van der Waals surface area contributed by atoms with Gasteiger partial charge in [-0.1, -0.05) is 48.5 Å². The quantitative estimate of drug-likeness (QED) is 0.570. The fourth-order valence-corrected chi connectivity index (χ4v) is 2.99. The average molecular weight is 308 g/mol. The van der Waals surface area contributed by atoms with Gasteiger partial charge < -0.3 is 5.11 Å². The minimum Gasteiger partial charge on any atom is -0.477 e. The summed E-state index contributed by atoms with van der Waals surface area (Å²) < 4.78 is 0. The first kappa shape index (κ1) is 14.2. The molecule has 0 bridgehead atoms. The van der Waals surface area contributed by atoms with Crippen LogP contribution in [-0.4, -0.2) is 16.9 Å². The number of allylic oxidation sites excluding steroid dienone is 1. The van der Waals surface area contributed by atoms with E-state index >= 15 is 0 Å². The molecule has 3 nitrogen and oxygen atoms in total. The molecule has 1 heterocycles. The van der Waals surface area contributed by atoms with Crippen LogP contribution in [0.25, 0.3) is 16.8 Å². The van der Waals surface area contributed by atoms with E-state index in [-0.39, 0.29) is 10.7 Å². The van der Waals surface area contributed by atoms with E-state index in [9.17, 15) is 9.59 Å². The van der Waals surface area contributed by atoms with Gasteiger partial charge in [-0.15, -0.1) is 11.3 Å². The third-order valence-electron chi connectivity index (χ3n) is 3.30. The molecule has 0 amide bonds. The van der Waals surface area contributed by atoms with Gasteiger partial charge in [-0.25, -0.2) is 4.79 Å². The number of carboxylic acid groups (broad SMARTS) is 1. The largest absolute Gasteiger partial charge is 0.477 e. The van der Waals surface area contributed by atoms with Crippen molar-refractivity contribution in [3.05, 3.63) is 76.0 Å². The molecule has 2 aromatic carbocycles. The molecule has 0 aliphatic rings. The molecule has 0 aliphatic carbocycles. The normalized spacial score (nSPS) is 11.1. The predicted octanol–water partition coefficient (Wildman–Crippen LogP) is 4.50. The molecule has 22 heavy (non-hydrogen) atoms. The monoisotopic (exact) mass is 308 g/mol. The third kappa shape index (κ3) is 2.82. The summed E-state index contributed by atoms with van der Waals surface area (Å²) in [7, 11) is 0. The number of hydrogen-bond acceptors (Lipinski definition) is 3. The lowest BCUT2D eigenvalue weighted by atomic mass is 10.0. The van der Waals surface area contributed by atoms with Crippen molar-refractivity contribution in [1.29, 1.82) is 0 Å². The highest BCUT2D eigenvalue weighted by Gasteiger charge is 2.10. The van der Waals surface area contributed by atoms with E-state index in [1.807, 2.05) is 42.5 Å². The molecular weight excluding hydrogens is 296 g/mol. The molecule has 3 rings (SSSR count). The number of hydrogen-bond donors (Lipinski definition) is 1. The van der Waals surface area contributed by atoms with Crippen LogP contribution in [0.15, 0.2) is 60.7 Å². The molecule has 0 saturated heterocycles. The van der Waals surface area contributed by atoms with Gasteiger partial charge in [0.15, 0.2) is 5.78 Å². The van der Waals surface area contributed by atoms with Crippen molar-refractivity contribution in [2.45, 2.75) is 0 Å². The average Bonchev–Trinajstić information content (AvgIpc) is 3.03. The molecule has 0 unspecified atom stereocenters. The van der Waals surface area contributed by atoms with E-state index in [0.29, 0.717) is 4.88 Å². The predicted molar refractivity (Wildman–Crippen MR) is 88.6 cm³/mol. The van der Waals surface area contributed by atoms with E-state index in [4.69, 9.17) is 5.11 Å². The zero-order valence-corrected chi connectivity index (χ0v) is 12.3. The number of carbonyl (C=O) groups excluding carboxylic acids is 1. The highest BCUT2D eigenvalue weighted by atomic mass is 32.1. The Balaban J connectivity index is 1.89. The van der Waals surface area contributed by atoms with Crippen molar-refractivity contribution in [3.63, 3.8) is 0 Å². The molecule has 4 heteroatoms. The van der Waals surface area contributed by atoms with Crippen molar-refractivity contribution in [1.82, 2.24) is 0 Å². The standard InChI is InChI=1S/C18H12O3S/c19-15(16-10-11-17(22-16)18(20)21)9-8-13-6-3-5-12-4-1-2-7-14(12)13/h1-11H,(H,20,21)/b9-8+. The van der Waals surface area contributed by atoms with Crippen molar-refractivity contribution >= 4 is 39.9 Å². The Morgan fingerprint density at radius 1 is 0.909 bits per heavy atom. The molecule has 0 fully saturated rings. The highest BCUT2D eigenvalue weighted by Crippen LogP contribution is 2.21. The van der Waals surface area contributed by atoms with Crippen LogP contribution in [-0.2, 0) is 0 Å². The van der Waals surface area contributed by atoms with Gasteiger partial charge in [0.05, 0.1) is 4.88 Å². The van der Waals surface area contributed by atoms with E-state index in [2.05, 4.69) is 0 Å². The SMILES string of the molecule is O=C(O)c1ccc(C(=O)/C=C/c2cccc3ccccc23)s1. The Bertz CT molecular complexity index is 885. The van der Waals surface area contributed by atoms with Gasteiger partial charge in [0, 0.05) is 0 Å². The summed E-state index contributed by atoms with van der Waals surface area (Å²) in [6.45, 7) is 0. The molecule has 1 N–H and O–H groups in total. The minimum absolute atomic E-state index is 0.168. The summed E-state index contributed by atoms with van der Waals surface area (Å²) in [5, 5.41) is 11.1. The second kappa shape index (κ2) is 5.95.